The van der Waals surface area contributed by atoms with Gasteiger partial charge in [0, 0.05) is 50.5 Å². The van der Waals surface area contributed by atoms with E-state index in [1.54, 1.807) is 12.1 Å². The molecule has 2 amide bonds. The summed E-state index contributed by atoms with van der Waals surface area (Å²) in [6.45, 7) is 6.67. The summed E-state index contributed by atoms with van der Waals surface area (Å²) in [6.07, 6.45) is 2.37. The van der Waals surface area contributed by atoms with Crippen molar-refractivity contribution in [2.75, 3.05) is 50.0 Å². The number of benzene rings is 1. The highest BCUT2D eigenvalue weighted by Gasteiger charge is 2.16. The zero-order chi connectivity index (χ0) is 19.9. The van der Waals surface area contributed by atoms with Gasteiger partial charge in [0.1, 0.15) is 0 Å². The second-order valence-electron chi connectivity index (χ2n) is 7.18. The molecule has 0 saturated carbocycles. The van der Waals surface area contributed by atoms with Crippen molar-refractivity contribution in [1.82, 2.24) is 10.2 Å². The number of likely N-dealkylation sites (N-methyl/N-ethyl adjacent to an activating group) is 1. The van der Waals surface area contributed by atoms with Crippen LogP contribution in [0.5, 0.6) is 0 Å². The van der Waals surface area contributed by atoms with Crippen LogP contribution < -0.4 is 15.5 Å². The first-order valence-electron chi connectivity index (χ1n) is 9.68. The fourth-order valence-corrected chi connectivity index (χ4v) is 3.30. The summed E-state index contributed by atoms with van der Waals surface area (Å²) < 4.78 is 5.03. The van der Waals surface area contributed by atoms with E-state index in [0.29, 0.717) is 19.4 Å². The Morgan fingerprint density at radius 1 is 1.14 bits per heavy atom. The summed E-state index contributed by atoms with van der Waals surface area (Å²) in [5.41, 5.74) is 3.19. The highest BCUT2D eigenvalue weighted by Crippen LogP contribution is 2.24. The van der Waals surface area contributed by atoms with Crippen molar-refractivity contribution in [3.8, 4) is 0 Å². The van der Waals surface area contributed by atoms with Gasteiger partial charge in [0.15, 0.2) is 5.76 Å². The lowest BCUT2D eigenvalue weighted by molar-refractivity contribution is -0.116. The van der Waals surface area contributed by atoms with Gasteiger partial charge in [0.25, 0.3) is 5.91 Å². The molecular weight excluding hydrogens is 356 g/mol. The minimum absolute atomic E-state index is 0.0565. The molecule has 2 heterocycles. The van der Waals surface area contributed by atoms with Crippen LogP contribution in [0.2, 0.25) is 0 Å². The number of carbonyl (C=O) groups excluding carboxylic acids is 2. The Morgan fingerprint density at radius 3 is 2.61 bits per heavy atom. The molecule has 1 aliphatic heterocycles. The Labute approximate surface area is 165 Å². The predicted molar refractivity (Wildman–Crippen MR) is 110 cm³/mol. The number of hydrogen-bond donors (Lipinski definition) is 2. The molecule has 1 aliphatic rings. The molecule has 2 aromatic rings. The average Bonchev–Trinajstić information content (AvgIpc) is 3.21. The molecule has 0 bridgehead atoms. The monoisotopic (exact) mass is 384 g/mol. The lowest BCUT2D eigenvalue weighted by Crippen LogP contribution is -2.44. The van der Waals surface area contributed by atoms with Crippen LogP contribution in [0.3, 0.4) is 0 Å². The first kappa shape index (κ1) is 19.9. The number of amides is 2. The number of aryl methyl sites for hydroxylation is 1. The number of hydrogen-bond acceptors (Lipinski definition) is 5. The van der Waals surface area contributed by atoms with Crippen LogP contribution in [-0.2, 0) is 4.79 Å². The summed E-state index contributed by atoms with van der Waals surface area (Å²) in [7, 11) is 2.14. The Balaban J connectivity index is 1.42. The van der Waals surface area contributed by atoms with Crippen LogP contribution in [0.4, 0.5) is 11.4 Å². The van der Waals surface area contributed by atoms with Crippen molar-refractivity contribution in [1.29, 1.82) is 0 Å². The molecular formula is C21H28N4O3. The van der Waals surface area contributed by atoms with Gasteiger partial charge in [-0.3, -0.25) is 9.59 Å². The molecule has 28 heavy (non-hydrogen) atoms. The maximum atomic E-state index is 12.2. The Bertz CT molecular complexity index is 796. The second-order valence-corrected chi connectivity index (χ2v) is 7.18. The number of nitrogens with zero attached hydrogens (tertiary/aromatic N) is 2. The molecule has 150 valence electrons. The molecule has 0 aliphatic carbocycles. The highest BCUT2D eigenvalue weighted by molar-refractivity contribution is 5.92. The lowest BCUT2D eigenvalue weighted by atomic mass is 10.1. The molecule has 1 aromatic carbocycles. The van der Waals surface area contributed by atoms with Crippen molar-refractivity contribution in [2.45, 2.75) is 19.8 Å². The van der Waals surface area contributed by atoms with Crippen LogP contribution >= 0.6 is 0 Å². The van der Waals surface area contributed by atoms with E-state index >= 15 is 0 Å². The van der Waals surface area contributed by atoms with E-state index in [-0.39, 0.29) is 17.6 Å². The van der Waals surface area contributed by atoms with E-state index in [1.807, 2.05) is 12.1 Å². The third-order valence-corrected chi connectivity index (χ3v) is 4.94. The van der Waals surface area contributed by atoms with Crippen molar-refractivity contribution < 1.29 is 14.0 Å². The maximum absolute atomic E-state index is 12.2. The quantitative estimate of drug-likeness (QED) is 0.717. The Morgan fingerprint density at radius 2 is 1.93 bits per heavy atom. The van der Waals surface area contributed by atoms with Gasteiger partial charge in [-0.1, -0.05) is 0 Å². The van der Waals surface area contributed by atoms with Gasteiger partial charge in [0.2, 0.25) is 5.91 Å². The Kier molecular flexibility index (Phi) is 6.71. The zero-order valence-corrected chi connectivity index (χ0v) is 16.5. The summed E-state index contributed by atoms with van der Waals surface area (Å²) in [6, 6.07) is 9.33. The molecule has 2 N–H and O–H groups in total. The van der Waals surface area contributed by atoms with Gasteiger partial charge in [-0.2, -0.15) is 0 Å². The van der Waals surface area contributed by atoms with Gasteiger partial charge in [0.05, 0.1) is 6.26 Å². The number of nitrogens with one attached hydrogen (secondary N) is 2. The van der Waals surface area contributed by atoms with Crippen molar-refractivity contribution in [3.05, 3.63) is 47.9 Å². The smallest absolute Gasteiger partial charge is 0.286 e. The SMILES string of the molecule is Cc1cc(NC(=O)CCCNC(=O)c2ccco2)ccc1N1CCN(C)CC1. The lowest BCUT2D eigenvalue weighted by Gasteiger charge is -2.35. The molecule has 3 rings (SSSR count). The number of piperazine rings is 1. The second kappa shape index (κ2) is 9.41. The number of carbonyl (C=O) groups is 2. The van der Waals surface area contributed by atoms with Crippen LogP contribution in [-0.4, -0.2) is 56.5 Å². The number of anilines is 2. The number of rotatable bonds is 7. The molecule has 1 fully saturated rings. The van der Waals surface area contributed by atoms with Crippen LogP contribution in [0.15, 0.2) is 41.0 Å². The first-order chi connectivity index (χ1) is 13.5. The van der Waals surface area contributed by atoms with Gasteiger partial charge >= 0.3 is 0 Å². The third kappa shape index (κ3) is 5.36. The molecule has 7 nitrogen and oxygen atoms in total. The van der Waals surface area contributed by atoms with Crippen LogP contribution in [0.25, 0.3) is 0 Å². The zero-order valence-electron chi connectivity index (χ0n) is 16.5. The van der Waals surface area contributed by atoms with Gasteiger partial charge in [-0.25, -0.2) is 0 Å². The summed E-state index contributed by atoms with van der Waals surface area (Å²) in [4.78, 5) is 28.6. The molecule has 1 aromatic heterocycles. The van der Waals surface area contributed by atoms with E-state index in [1.165, 1.54) is 12.0 Å². The van der Waals surface area contributed by atoms with E-state index in [0.717, 1.165) is 37.4 Å². The summed E-state index contributed by atoms with van der Waals surface area (Å²) in [5.74, 6) is -0.0418. The summed E-state index contributed by atoms with van der Waals surface area (Å²) in [5, 5.41) is 5.68. The standard InChI is InChI=1S/C21H28N4O3/c1-16-15-17(7-8-18(16)25-12-10-24(2)11-13-25)23-20(26)6-3-9-22-21(27)19-5-4-14-28-19/h4-5,7-8,14-15H,3,6,9-13H2,1-2H3,(H,22,27)(H,23,26). The Hall–Kier alpha value is -2.80. The predicted octanol–water partition coefficient (Wildman–Crippen LogP) is 2.49. The van der Waals surface area contributed by atoms with E-state index in [4.69, 9.17) is 4.42 Å². The van der Waals surface area contributed by atoms with Gasteiger partial charge in [-0.05, 0) is 56.3 Å². The van der Waals surface area contributed by atoms with Gasteiger partial charge in [-0.15, -0.1) is 0 Å². The fourth-order valence-electron chi connectivity index (χ4n) is 3.30. The van der Waals surface area contributed by atoms with Gasteiger partial charge < -0.3 is 24.9 Å². The topological polar surface area (TPSA) is 77.8 Å². The molecule has 0 unspecified atom stereocenters. The maximum Gasteiger partial charge on any atom is 0.286 e. The largest absolute Gasteiger partial charge is 0.459 e. The minimum atomic E-state index is -0.263. The van der Waals surface area contributed by atoms with Crippen molar-refractivity contribution in [3.63, 3.8) is 0 Å². The third-order valence-electron chi connectivity index (χ3n) is 4.94. The minimum Gasteiger partial charge on any atom is -0.459 e. The van der Waals surface area contributed by atoms with E-state index in [9.17, 15) is 9.59 Å². The molecule has 0 atom stereocenters. The first-order valence-corrected chi connectivity index (χ1v) is 9.68. The van der Waals surface area contributed by atoms with Crippen molar-refractivity contribution in [2.24, 2.45) is 0 Å². The normalized spacial score (nSPS) is 14.7. The van der Waals surface area contributed by atoms with Crippen molar-refractivity contribution >= 4 is 23.2 Å². The van der Waals surface area contributed by atoms with Crippen LogP contribution in [0, 0.1) is 6.92 Å². The number of furan rings is 1. The fraction of sp³-hybridized carbons (Fsp3) is 0.429. The van der Waals surface area contributed by atoms with Crippen LogP contribution in [0.1, 0.15) is 29.0 Å². The molecule has 7 heteroatoms. The molecule has 1 saturated heterocycles. The molecule has 0 spiro atoms. The van der Waals surface area contributed by atoms with E-state index < -0.39 is 0 Å². The average molecular weight is 384 g/mol. The highest BCUT2D eigenvalue weighted by atomic mass is 16.3. The van der Waals surface area contributed by atoms with E-state index in [2.05, 4.69) is 40.5 Å². The molecule has 0 radical (unpaired) electrons. The summed E-state index contributed by atoms with van der Waals surface area (Å²) >= 11 is 0.